The molecule has 3 N–H and O–H groups in total. The van der Waals surface area contributed by atoms with Crippen molar-refractivity contribution in [3.63, 3.8) is 0 Å². The number of rotatable bonds is 3. The summed E-state index contributed by atoms with van der Waals surface area (Å²) in [6.07, 6.45) is 6.84. The Hall–Kier alpha value is -1.18. The van der Waals surface area contributed by atoms with Crippen LogP contribution in [0, 0.1) is 12.3 Å². The predicted molar refractivity (Wildman–Crippen MR) is 75.3 cm³/mol. The molecule has 0 heterocycles. The van der Waals surface area contributed by atoms with E-state index >= 15 is 0 Å². The molecule has 1 saturated carbocycles. The Balaban J connectivity index is 1.99. The maximum absolute atomic E-state index is 6.08. The molecule has 0 saturated heterocycles. The summed E-state index contributed by atoms with van der Waals surface area (Å²) in [5.41, 5.74) is 9.68. The summed E-state index contributed by atoms with van der Waals surface area (Å²) < 4.78 is 0. The summed E-state index contributed by atoms with van der Waals surface area (Å²) >= 11 is 0. The quantitative estimate of drug-likeness (QED) is 0.774. The Morgan fingerprint density at radius 3 is 2.65 bits per heavy atom. The number of para-hydroxylation sites is 1. The number of anilines is 2. The molecule has 1 aromatic rings. The minimum atomic E-state index is 0.453. The van der Waals surface area contributed by atoms with Gasteiger partial charge in [-0.2, -0.15) is 0 Å². The van der Waals surface area contributed by atoms with Gasteiger partial charge in [-0.25, -0.2) is 0 Å². The lowest BCUT2D eigenvalue weighted by atomic mass is 9.75. The van der Waals surface area contributed by atoms with Gasteiger partial charge in [0.25, 0.3) is 0 Å². The Morgan fingerprint density at radius 2 is 1.94 bits per heavy atom. The highest BCUT2D eigenvalue weighted by Crippen LogP contribution is 2.36. The van der Waals surface area contributed by atoms with E-state index in [0.29, 0.717) is 5.41 Å². The molecule has 1 aliphatic rings. The van der Waals surface area contributed by atoms with Crippen molar-refractivity contribution in [1.29, 1.82) is 0 Å². The first-order valence-electron chi connectivity index (χ1n) is 6.70. The predicted octanol–water partition coefficient (Wildman–Crippen LogP) is 3.96. The van der Waals surface area contributed by atoms with Gasteiger partial charge in [-0.1, -0.05) is 38.3 Å². The number of nitrogens with two attached hydrogens (primary N) is 1. The van der Waals surface area contributed by atoms with Gasteiger partial charge in [0.15, 0.2) is 0 Å². The van der Waals surface area contributed by atoms with Crippen LogP contribution in [0.25, 0.3) is 0 Å². The summed E-state index contributed by atoms with van der Waals surface area (Å²) in [4.78, 5) is 0. The molecule has 0 radical (unpaired) electrons. The molecular weight excluding hydrogens is 208 g/mol. The summed E-state index contributed by atoms with van der Waals surface area (Å²) in [5.74, 6) is 0. The summed E-state index contributed by atoms with van der Waals surface area (Å²) in [6.45, 7) is 5.49. The molecule has 2 rings (SSSR count). The molecule has 0 spiro atoms. The normalized spacial score (nSPS) is 18.9. The Labute approximate surface area is 105 Å². The van der Waals surface area contributed by atoms with Crippen molar-refractivity contribution in [2.24, 2.45) is 5.41 Å². The van der Waals surface area contributed by atoms with Crippen molar-refractivity contribution >= 4 is 11.4 Å². The Kier molecular flexibility index (Phi) is 3.60. The number of hydrogen-bond donors (Lipinski definition) is 2. The molecule has 2 nitrogen and oxygen atoms in total. The SMILES string of the molecule is Cc1cccc(NCC2(C)CCCCC2)c1N. The molecule has 0 atom stereocenters. The zero-order chi connectivity index (χ0) is 12.3. The second-order valence-corrected chi connectivity index (χ2v) is 5.76. The van der Waals surface area contributed by atoms with E-state index in [-0.39, 0.29) is 0 Å². The van der Waals surface area contributed by atoms with Crippen LogP contribution in [0.4, 0.5) is 11.4 Å². The number of hydrogen-bond acceptors (Lipinski definition) is 2. The second kappa shape index (κ2) is 4.99. The molecule has 0 bridgehead atoms. The van der Waals surface area contributed by atoms with Crippen molar-refractivity contribution < 1.29 is 0 Å². The van der Waals surface area contributed by atoms with Crippen molar-refractivity contribution in [2.75, 3.05) is 17.6 Å². The molecule has 2 heteroatoms. The smallest absolute Gasteiger partial charge is 0.0579 e. The van der Waals surface area contributed by atoms with Crippen LogP contribution in [0.3, 0.4) is 0 Å². The fourth-order valence-electron chi connectivity index (χ4n) is 2.73. The monoisotopic (exact) mass is 232 g/mol. The second-order valence-electron chi connectivity index (χ2n) is 5.76. The van der Waals surface area contributed by atoms with Crippen LogP contribution in [-0.4, -0.2) is 6.54 Å². The molecule has 1 aliphatic carbocycles. The van der Waals surface area contributed by atoms with Gasteiger partial charge in [-0.3, -0.25) is 0 Å². The first-order chi connectivity index (χ1) is 8.11. The van der Waals surface area contributed by atoms with E-state index < -0.39 is 0 Å². The first-order valence-corrected chi connectivity index (χ1v) is 6.70. The molecular formula is C15H24N2. The molecule has 1 aromatic carbocycles. The van der Waals surface area contributed by atoms with E-state index in [1.54, 1.807) is 0 Å². The third-order valence-electron chi connectivity index (χ3n) is 4.09. The van der Waals surface area contributed by atoms with Crippen LogP contribution in [0.1, 0.15) is 44.6 Å². The van der Waals surface area contributed by atoms with Gasteiger partial charge in [0.2, 0.25) is 0 Å². The van der Waals surface area contributed by atoms with Crippen LogP contribution >= 0.6 is 0 Å². The Bertz CT molecular complexity index is 379. The van der Waals surface area contributed by atoms with Gasteiger partial charge in [0.1, 0.15) is 0 Å². The Morgan fingerprint density at radius 1 is 1.24 bits per heavy atom. The average Bonchev–Trinajstić information content (AvgIpc) is 2.32. The fraction of sp³-hybridized carbons (Fsp3) is 0.600. The third kappa shape index (κ3) is 2.93. The van der Waals surface area contributed by atoms with Crippen molar-refractivity contribution in [2.45, 2.75) is 46.0 Å². The highest BCUT2D eigenvalue weighted by atomic mass is 14.9. The molecule has 0 aliphatic heterocycles. The maximum Gasteiger partial charge on any atom is 0.0579 e. The minimum absolute atomic E-state index is 0.453. The zero-order valence-electron chi connectivity index (χ0n) is 11.1. The van der Waals surface area contributed by atoms with Gasteiger partial charge in [-0.15, -0.1) is 0 Å². The van der Waals surface area contributed by atoms with Crippen molar-refractivity contribution in [1.82, 2.24) is 0 Å². The van der Waals surface area contributed by atoms with E-state index in [2.05, 4.69) is 37.4 Å². The van der Waals surface area contributed by atoms with Gasteiger partial charge in [-0.05, 0) is 36.8 Å². The lowest BCUT2D eigenvalue weighted by Gasteiger charge is -2.34. The van der Waals surface area contributed by atoms with E-state index in [1.807, 2.05) is 0 Å². The molecule has 0 unspecified atom stereocenters. The van der Waals surface area contributed by atoms with E-state index in [1.165, 1.54) is 32.1 Å². The van der Waals surface area contributed by atoms with Crippen LogP contribution in [0.5, 0.6) is 0 Å². The van der Waals surface area contributed by atoms with Crippen molar-refractivity contribution in [3.8, 4) is 0 Å². The molecule has 1 fully saturated rings. The van der Waals surface area contributed by atoms with Crippen LogP contribution in [-0.2, 0) is 0 Å². The highest BCUT2D eigenvalue weighted by Gasteiger charge is 2.26. The average molecular weight is 232 g/mol. The number of benzene rings is 1. The maximum atomic E-state index is 6.08. The van der Waals surface area contributed by atoms with Crippen LogP contribution < -0.4 is 11.1 Å². The third-order valence-corrected chi connectivity index (χ3v) is 4.09. The van der Waals surface area contributed by atoms with E-state index in [9.17, 15) is 0 Å². The van der Waals surface area contributed by atoms with Crippen LogP contribution in [0.2, 0.25) is 0 Å². The zero-order valence-corrected chi connectivity index (χ0v) is 11.1. The number of nitrogen functional groups attached to an aromatic ring is 1. The van der Waals surface area contributed by atoms with Crippen LogP contribution in [0.15, 0.2) is 18.2 Å². The minimum Gasteiger partial charge on any atom is -0.397 e. The van der Waals surface area contributed by atoms with Gasteiger partial charge >= 0.3 is 0 Å². The fourth-order valence-corrected chi connectivity index (χ4v) is 2.73. The van der Waals surface area contributed by atoms with Gasteiger partial charge in [0, 0.05) is 6.54 Å². The molecule has 0 aromatic heterocycles. The topological polar surface area (TPSA) is 38.0 Å². The number of aryl methyl sites for hydroxylation is 1. The van der Waals surface area contributed by atoms with Gasteiger partial charge < -0.3 is 11.1 Å². The number of nitrogens with one attached hydrogen (secondary N) is 1. The van der Waals surface area contributed by atoms with Gasteiger partial charge in [0.05, 0.1) is 11.4 Å². The summed E-state index contributed by atoms with van der Waals surface area (Å²) in [7, 11) is 0. The van der Waals surface area contributed by atoms with E-state index in [0.717, 1.165) is 23.5 Å². The largest absolute Gasteiger partial charge is 0.397 e. The van der Waals surface area contributed by atoms with Crippen molar-refractivity contribution in [3.05, 3.63) is 23.8 Å². The molecule has 0 amide bonds. The molecule has 17 heavy (non-hydrogen) atoms. The first kappa shape index (κ1) is 12.3. The standard InChI is InChI=1S/C15H24N2/c1-12-7-6-8-13(14(12)16)17-11-15(2)9-4-3-5-10-15/h6-8,17H,3-5,9-11,16H2,1-2H3. The summed E-state index contributed by atoms with van der Waals surface area (Å²) in [6, 6.07) is 6.20. The summed E-state index contributed by atoms with van der Waals surface area (Å²) in [5, 5.41) is 3.54. The lowest BCUT2D eigenvalue weighted by molar-refractivity contribution is 0.233. The van der Waals surface area contributed by atoms with E-state index in [4.69, 9.17) is 5.73 Å². The lowest BCUT2D eigenvalue weighted by Crippen LogP contribution is -2.29. The highest BCUT2D eigenvalue weighted by molar-refractivity contribution is 5.69. The molecule has 94 valence electrons.